The first-order valence-electron chi connectivity index (χ1n) is 6.89. The molecule has 4 nitrogen and oxygen atoms in total. The van der Waals surface area contributed by atoms with Crippen LogP contribution in [0, 0.1) is 0 Å². The summed E-state index contributed by atoms with van der Waals surface area (Å²) in [6.07, 6.45) is 1.09. The summed E-state index contributed by atoms with van der Waals surface area (Å²) in [5.74, 6) is 0.880. The Balaban J connectivity index is 0.00000361. The third-order valence-electron chi connectivity index (χ3n) is 2.64. The van der Waals surface area contributed by atoms with Crippen LogP contribution < -0.4 is 10.6 Å². The van der Waals surface area contributed by atoms with Gasteiger partial charge in [0.25, 0.3) is 0 Å². The summed E-state index contributed by atoms with van der Waals surface area (Å²) in [5, 5.41) is 6.53. The van der Waals surface area contributed by atoms with E-state index in [1.54, 1.807) is 7.11 Å². The molecule has 1 aromatic rings. The zero-order valence-corrected chi connectivity index (χ0v) is 14.9. The summed E-state index contributed by atoms with van der Waals surface area (Å²) in [5.41, 5.74) is 2.39. The molecule has 0 saturated heterocycles. The Kier molecular flexibility index (Phi) is 11.5. The Labute approximate surface area is 139 Å². The molecule has 5 heteroatoms. The largest absolute Gasteiger partial charge is 0.380 e. The van der Waals surface area contributed by atoms with E-state index in [1.165, 1.54) is 11.1 Å². The van der Waals surface area contributed by atoms with Gasteiger partial charge in [0, 0.05) is 20.2 Å². The molecule has 1 rings (SSSR count). The van der Waals surface area contributed by atoms with Crippen LogP contribution >= 0.6 is 24.0 Å². The molecular weight excluding hydrogens is 365 g/mol. The van der Waals surface area contributed by atoms with Crippen molar-refractivity contribution in [2.75, 3.05) is 20.2 Å². The fraction of sp³-hybridized carbons (Fsp3) is 0.533. The van der Waals surface area contributed by atoms with Crippen LogP contribution in [-0.2, 0) is 17.9 Å². The topological polar surface area (TPSA) is 45.7 Å². The first-order valence-corrected chi connectivity index (χ1v) is 6.89. The van der Waals surface area contributed by atoms with Gasteiger partial charge < -0.3 is 15.4 Å². The van der Waals surface area contributed by atoms with Gasteiger partial charge in [0.05, 0.1) is 13.2 Å². The monoisotopic (exact) mass is 391 g/mol. The summed E-state index contributed by atoms with van der Waals surface area (Å²) in [6, 6.07) is 8.37. The highest BCUT2D eigenvalue weighted by molar-refractivity contribution is 14.0. The molecule has 0 unspecified atom stereocenters. The van der Waals surface area contributed by atoms with Crippen molar-refractivity contribution >= 4 is 29.9 Å². The van der Waals surface area contributed by atoms with Crippen LogP contribution in [0.4, 0.5) is 0 Å². The Morgan fingerprint density at radius 1 is 1.10 bits per heavy atom. The second kappa shape index (κ2) is 12.0. The Hall–Kier alpha value is -0.820. The highest BCUT2D eigenvalue weighted by atomic mass is 127. The standard InChI is InChI=1S/C15H25N3O.HI/c1-4-10-17-15(16-5-2)18-11-13-6-8-14(9-7-13)12-19-3;/h6-9H,4-5,10-12H2,1-3H3,(H2,16,17,18);1H. The number of nitrogens with zero attached hydrogens (tertiary/aromatic N) is 1. The van der Waals surface area contributed by atoms with Gasteiger partial charge in [-0.1, -0.05) is 31.2 Å². The van der Waals surface area contributed by atoms with Gasteiger partial charge in [-0.05, 0) is 24.5 Å². The Morgan fingerprint density at radius 3 is 2.30 bits per heavy atom. The molecule has 0 aromatic heterocycles. The van der Waals surface area contributed by atoms with Gasteiger partial charge in [-0.3, -0.25) is 0 Å². The summed E-state index contributed by atoms with van der Waals surface area (Å²) >= 11 is 0. The van der Waals surface area contributed by atoms with Gasteiger partial charge in [-0.15, -0.1) is 24.0 Å². The second-order valence-electron chi connectivity index (χ2n) is 4.37. The molecule has 2 N–H and O–H groups in total. The molecule has 0 aliphatic carbocycles. The molecule has 0 amide bonds. The number of aliphatic imine (C=N–C) groups is 1. The summed E-state index contributed by atoms with van der Waals surface area (Å²) in [6.45, 7) is 7.38. The molecule has 0 radical (unpaired) electrons. The molecule has 0 fully saturated rings. The van der Waals surface area contributed by atoms with E-state index in [1.807, 2.05) is 0 Å². The highest BCUT2D eigenvalue weighted by Gasteiger charge is 1.97. The van der Waals surface area contributed by atoms with Crippen molar-refractivity contribution < 1.29 is 4.74 Å². The van der Waals surface area contributed by atoms with E-state index in [4.69, 9.17) is 4.74 Å². The predicted octanol–water partition coefficient (Wildman–Crippen LogP) is 2.92. The molecule has 0 spiro atoms. The zero-order valence-electron chi connectivity index (χ0n) is 12.6. The quantitative estimate of drug-likeness (QED) is 0.427. The third kappa shape index (κ3) is 7.69. The van der Waals surface area contributed by atoms with E-state index in [-0.39, 0.29) is 24.0 Å². The average molecular weight is 391 g/mol. The number of guanidine groups is 1. The van der Waals surface area contributed by atoms with Crippen LogP contribution in [0.2, 0.25) is 0 Å². The zero-order chi connectivity index (χ0) is 13.9. The Morgan fingerprint density at radius 2 is 1.75 bits per heavy atom. The van der Waals surface area contributed by atoms with Gasteiger partial charge in [0.15, 0.2) is 5.96 Å². The van der Waals surface area contributed by atoms with E-state index < -0.39 is 0 Å². The number of methoxy groups -OCH3 is 1. The lowest BCUT2D eigenvalue weighted by Crippen LogP contribution is -2.37. The number of rotatable bonds is 7. The van der Waals surface area contributed by atoms with Gasteiger partial charge in [-0.2, -0.15) is 0 Å². The van der Waals surface area contributed by atoms with Crippen LogP contribution in [0.5, 0.6) is 0 Å². The lowest BCUT2D eigenvalue weighted by molar-refractivity contribution is 0.185. The van der Waals surface area contributed by atoms with Crippen LogP contribution in [0.15, 0.2) is 29.3 Å². The number of hydrogen-bond donors (Lipinski definition) is 2. The van der Waals surface area contributed by atoms with Gasteiger partial charge in [0.1, 0.15) is 0 Å². The molecule has 0 aliphatic rings. The average Bonchev–Trinajstić information content (AvgIpc) is 2.44. The number of nitrogens with one attached hydrogen (secondary N) is 2. The van der Waals surface area contributed by atoms with Crippen molar-refractivity contribution in [3.05, 3.63) is 35.4 Å². The fourth-order valence-electron chi connectivity index (χ4n) is 1.66. The molecule has 0 aliphatic heterocycles. The molecule has 0 bridgehead atoms. The van der Waals surface area contributed by atoms with Crippen LogP contribution in [-0.4, -0.2) is 26.2 Å². The van der Waals surface area contributed by atoms with Crippen LogP contribution in [0.1, 0.15) is 31.4 Å². The van der Waals surface area contributed by atoms with E-state index in [2.05, 4.69) is 53.7 Å². The normalized spacial score (nSPS) is 10.8. The van der Waals surface area contributed by atoms with Crippen molar-refractivity contribution in [2.45, 2.75) is 33.4 Å². The molecule has 0 heterocycles. The van der Waals surface area contributed by atoms with Gasteiger partial charge in [0.2, 0.25) is 0 Å². The maximum absolute atomic E-state index is 5.09. The summed E-state index contributed by atoms with van der Waals surface area (Å²) in [7, 11) is 1.71. The van der Waals surface area contributed by atoms with E-state index in [0.29, 0.717) is 13.2 Å². The maximum atomic E-state index is 5.09. The number of hydrogen-bond acceptors (Lipinski definition) is 2. The first-order chi connectivity index (χ1) is 9.30. The van der Waals surface area contributed by atoms with Crippen LogP contribution in [0.3, 0.4) is 0 Å². The lowest BCUT2D eigenvalue weighted by atomic mass is 10.1. The minimum atomic E-state index is 0. The minimum Gasteiger partial charge on any atom is -0.380 e. The van der Waals surface area contributed by atoms with E-state index in [9.17, 15) is 0 Å². The number of ether oxygens (including phenoxy) is 1. The second-order valence-corrected chi connectivity index (χ2v) is 4.37. The van der Waals surface area contributed by atoms with Crippen molar-refractivity contribution in [1.29, 1.82) is 0 Å². The third-order valence-corrected chi connectivity index (χ3v) is 2.64. The molecule has 114 valence electrons. The molecule has 0 atom stereocenters. The minimum absolute atomic E-state index is 0. The first kappa shape index (κ1) is 19.2. The maximum Gasteiger partial charge on any atom is 0.191 e. The number of halogens is 1. The van der Waals surface area contributed by atoms with Crippen molar-refractivity contribution in [2.24, 2.45) is 4.99 Å². The van der Waals surface area contributed by atoms with Crippen molar-refractivity contribution in [3.63, 3.8) is 0 Å². The van der Waals surface area contributed by atoms with Gasteiger partial charge >= 0.3 is 0 Å². The van der Waals surface area contributed by atoms with E-state index >= 15 is 0 Å². The van der Waals surface area contributed by atoms with E-state index in [0.717, 1.165) is 25.5 Å². The Bertz CT molecular complexity index is 379. The van der Waals surface area contributed by atoms with Crippen molar-refractivity contribution in [3.8, 4) is 0 Å². The summed E-state index contributed by atoms with van der Waals surface area (Å²) < 4.78 is 5.09. The molecular formula is C15H26IN3O. The fourth-order valence-corrected chi connectivity index (χ4v) is 1.66. The van der Waals surface area contributed by atoms with Gasteiger partial charge in [-0.25, -0.2) is 4.99 Å². The van der Waals surface area contributed by atoms with Crippen molar-refractivity contribution in [1.82, 2.24) is 10.6 Å². The molecule has 0 saturated carbocycles. The molecule has 20 heavy (non-hydrogen) atoms. The summed E-state index contributed by atoms with van der Waals surface area (Å²) in [4.78, 5) is 4.56. The lowest BCUT2D eigenvalue weighted by Gasteiger charge is -2.10. The highest BCUT2D eigenvalue weighted by Crippen LogP contribution is 2.06. The van der Waals surface area contributed by atoms with Crippen LogP contribution in [0.25, 0.3) is 0 Å². The molecule has 1 aromatic carbocycles. The number of benzene rings is 1. The SMILES string of the molecule is CCCNC(=NCc1ccc(COC)cc1)NCC.I. The predicted molar refractivity (Wildman–Crippen MR) is 95.7 cm³/mol. The smallest absolute Gasteiger partial charge is 0.191 e.